The third-order valence-corrected chi connectivity index (χ3v) is 8.64. The van der Waals surface area contributed by atoms with Crippen LogP contribution in [0.15, 0.2) is 73.3 Å². The van der Waals surface area contributed by atoms with Gasteiger partial charge in [-0.3, -0.25) is 4.79 Å². The predicted molar refractivity (Wildman–Crippen MR) is 156 cm³/mol. The van der Waals surface area contributed by atoms with Crippen LogP contribution in [0.4, 0.5) is 13.2 Å². The molecule has 0 saturated heterocycles. The fourth-order valence-electron chi connectivity index (χ4n) is 5.88. The van der Waals surface area contributed by atoms with Crippen LogP contribution in [0.2, 0.25) is 0 Å². The van der Waals surface area contributed by atoms with Gasteiger partial charge in [-0.15, -0.1) is 0 Å². The Morgan fingerprint density at radius 3 is 2.48 bits per heavy atom. The molecule has 0 amide bonds. The number of Topliss-reactive ketones (excluding diaryl/α,β-unsaturated/α-hetero) is 1. The van der Waals surface area contributed by atoms with Gasteiger partial charge in [0.05, 0.1) is 35.3 Å². The van der Waals surface area contributed by atoms with Gasteiger partial charge in [0.2, 0.25) is 0 Å². The summed E-state index contributed by atoms with van der Waals surface area (Å²) < 4.78 is 45.9. The molecule has 1 aliphatic rings. The molecular weight excluding hydrogens is 537 g/mol. The molecule has 8 heteroatoms. The van der Waals surface area contributed by atoms with Crippen LogP contribution < -0.4 is 0 Å². The SMILES string of the molecule is CCc1c(C(F)(F)F)cc(C(=O)C(C)C(C)c2cccc(C(CCC3CC3)n3ccnc3)c2)n1-c1cccc(C#N)c1. The molecule has 42 heavy (non-hydrogen) atoms. The zero-order chi connectivity index (χ0) is 30.0. The fraction of sp³-hybridized carbons (Fsp3) is 0.382. The summed E-state index contributed by atoms with van der Waals surface area (Å²) in [6, 6.07) is 17.7. The summed E-state index contributed by atoms with van der Waals surface area (Å²) in [7, 11) is 0. The van der Waals surface area contributed by atoms with Crippen molar-refractivity contribution in [3.8, 4) is 11.8 Å². The molecular formula is C34H35F3N4O. The second-order valence-electron chi connectivity index (χ2n) is 11.4. The maximum atomic E-state index is 14.1. The Kier molecular flexibility index (Phi) is 8.40. The van der Waals surface area contributed by atoms with Crippen molar-refractivity contribution in [2.24, 2.45) is 11.8 Å². The van der Waals surface area contributed by atoms with Gasteiger partial charge in [-0.2, -0.15) is 18.4 Å². The maximum Gasteiger partial charge on any atom is 0.418 e. The number of imidazole rings is 1. The first kappa shape index (κ1) is 29.4. The molecule has 2 aromatic heterocycles. The highest BCUT2D eigenvalue weighted by molar-refractivity contribution is 5.98. The van der Waals surface area contributed by atoms with Crippen LogP contribution in [0, 0.1) is 23.2 Å². The Labute approximate surface area is 244 Å². The fourth-order valence-corrected chi connectivity index (χ4v) is 5.88. The molecule has 0 radical (unpaired) electrons. The van der Waals surface area contributed by atoms with E-state index in [1.165, 1.54) is 23.5 Å². The van der Waals surface area contributed by atoms with E-state index in [1.807, 2.05) is 37.6 Å². The quantitative estimate of drug-likeness (QED) is 0.169. The van der Waals surface area contributed by atoms with Crippen molar-refractivity contribution in [1.82, 2.24) is 14.1 Å². The van der Waals surface area contributed by atoms with E-state index in [2.05, 4.69) is 21.7 Å². The summed E-state index contributed by atoms with van der Waals surface area (Å²) in [5, 5.41) is 9.41. The number of ketones is 1. The largest absolute Gasteiger partial charge is 0.418 e. The topological polar surface area (TPSA) is 63.6 Å². The van der Waals surface area contributed by atoms with Crippen molar-refractivity contribution in [2.45, 2.75) is 71.0 Å². The number of hydrogen-bond donors (Lipinski definition) is 0. The third kappa shape index (κ3) is 6.06. The van der Waals surface area contributed by atoms with Crippen LogP contribution in [0.3, 0.4) is 0 Å². The summed E-state index contributed by atoms with van der Waals surface area (Å²) in [5.74, 6) is -0.439. The lowest BCUT2D eigenvalue weighted by atomic mass is 9.83. The number of rotatable bonds is 11. The first-order valence-electron chi connectivity index (χ1n) is 14.6. The molecule has 0 aliphatic heterocycles. The van der Waals surface area contributed by atoms with E-state index in [0.717, 1.165) is 36.0 Å². The number of benzene rings is 2. The van der Waals surface area contributed by atoms with E-state index >= 15 is 0 Å². The van der Waals surface area contributed by atoms with E-state index in [1.54, 1.807) is 38.2 Å². The Balaban J connectivity index is 1.50. The number of carbonyl (C=O) groups excluding carboxylic acids is 1. The average Bonchev–Trinajstić information content (AvgIpc) is 3.49. The molecule has 0 spiro atoms. The predicted octanol–water partition coefficient (Wildman–Crippen LogP) is 8.53. The molecule has 1 aliphatic carbocycles. The molecule has 2 heterocycles. The van der Waals surface area contributed by atoms with Gasteiger partial charge in [0, 0.05) is 29.7 Å². The molecule has 3 unspecified atom stereocenters. The number of hydrogen-bond acceptors (Lipinski definition) is 3. The standard InChI is InChI=1S/C34H35F3N4O/c1-4-30-29(34(35,36)37)19-32(41(30)28-10-5-7-25(17-28)20-38)33(42)23(3)22(2)26-8-6-9-27(18-26)31(14-13-24-11-12-24)40-16-15-39-21-40/h5-10,15-19,21-24,31H,4,11-14H2,1-3H3. The lowest BCUT2D eigenvalue weighted by Crippen LogP contribution is -2.21. The molecule has 4 aromatic rings. The van der Waals surface area contributed by atoms with Crippen LogP contribution in [0.25, 0.3) is 5.69 Å². The van der Waals surface area contributed by atoms with Crippen molar-refractivity contribution in [3.63, 3.8) is 0 Å². The zero-order valence-electron chi connectivity index (χ0n) is 24.1. The van der Waals surface area contributed by atoms with Gasteiger partial charge in [-0.1, -0.05) is 63.9 Å². The van der Waals surface area contributed by atoms with E-state index < -0.39 is 17.7 Å². The Bertz CT molecular complexity index is 1590. The maximum absolute atomic E-state index is 14.1. The van der Waals surface area contributed by atoms with E-state index in [0.29, 0.717) is 11.3 Å². The van der Waals surface area contributed by atoms with Crippen LogP contribution >= 0.6 is 0 Å². The minimum Gasteiger partial charge on any atom is -0.330 e. The molecule has 5 rings (SSSR count). The van der Waals surface area contributed by atoms with Crippen LogP contribution in [0.5, 0.6) is 0 Å². The summed E-state index contributed by atoms with van der Waals surface area (Å²) in [4.78, 5) is 18.3. The van der Waals surface area contributed by atoms with Crippen molar-refractivity contribution >= 4 is 5.78 Å². The first-order chi connectivity index (χ1) is 20.1. The monoisotopic (exact) mass is 572 g/mol. The molecule has 1 saturated carbocycles. The lowest BCUT2D eigenvalue weighted by molar-refractivity contribution is -0.138. The molecule has 3 atom stereocenters. The normalized spacial score (nSPS) is 15.6. The smallest absolute Gasteiger partial charge is 0.330 e. The van der Waals surface area contributed by atoms with Crippen molar-refractivity contribution in [3.05, 3.63) is 107 Å². The number of nitriles is 1. The summed E-state index contributed by atoms with van der Waals surface area (Å²) in [6.45, 7) is 5.37. The van der Waals surface area contributed by atoms with Gasteiger partial charge in [-0.25, -0.2) is 4.98 Å². The van der Waals surface area contributed by atoms with Crippen LogP contribution in [-0.2, 0) is 12.6 Å². The van der Waals surface area contributed by atoms with Gasteiger partial charge < -0.3 is 9.13 Å². The third-order valence-electron chi connectivity index (χ3n) is 8.64. The van der Waals surface area contributed by atoms with Crippen LogP contribution in [-0.4, -0.2) is 19.9 Å². The van der Waals surface area contributed by atoms with Crippen molar-refractivity contribution in [1.29, 1.82) is 5.26 Å². The second-order valence-corrected chi connectivity index (χ2v) is 11.4. The highest BCUT2D eigenvalue weighted by Gasteiger charge is 2.38. The molecule has 2 aromatic carbocycles. The van der Waals surface area contributed by atoms with Gasteiger partial charge >= 0.3 is 6.18 Å². The van der Waals surface area contributed by atoms with Crippen molar-refractivity contribution in [2.75, 3.05) is 0 Å². The zero-order valence-corrected chi connectivity index (χ0v) is 24.1. The number of alkyl halides is 3. The Morgan fingerprint density at radius 1 is 1.10 bits per heavy atom. The van der Waals surface area contributed by atoms with E-state index in [-0.39, 0.29) is 35.6 Å². The van der Waals surface area contributed by atoms with Crippen LogP contribution in [0.1, 0.15) is 96.9 Å². The van der Waals surface area contributed by atoms with Gasteiger partial charge in [-0.05, 0) is 66.5 Å². The van der Waals surface area contributed by atoms with Gasteiger partial charge in [0.25, 0.3) is 0 Å². The average molecular weight is 573 g/mol. The lowest BCUT2D eigenvalue weighted by Gasteiger charge is -2.24. The van der Waals surface area contributed by atoms with E-state index in [9.17, 15) is 23.2 Å². The molecule has 5 nitrogen and oxygen atoms in total. The van der Waals surface area contributed by atoms with Crippen molar-refractivity contribution < 1.29 is 18.0 Å². The first-order valence-corrected chi connectivity index (χ1v) is 14.6. The van der Waals surface area contributed by atoms with Gasteiger partial charge in [0.15, 0.2) is 5.78 Å². The second kappa shape index (κ2) is 12.0. The molecule has 0 N–H and O–H groups in total. The summed E-state index contributed by atoms with van der Waals surface area (Å²) >= 11 is 0. The highest BCUT2D eigenvalue weighted by atomic mass is 19.4. The summed E-state index contributed by atoms with van der Waals surface area (Å²) in [5.41, 5.74) is 1.92. The van der Waals surface area contributed by atoms with E-state index in [4.69, 9.17) is 0 Å². The Hall–Kier alpha value is -4.12. The number of halogens is 3. The Morgan fingerprint density at radius 2 is 1.83 bits per heavy atom. The molecule has 1 fully saturated rings. The summed E-state index contributed by atoms with van der Waals surface area (Å²) in [6.07, 6.45) is 5.73. The number of aromatic nitrogens is 3. The molecule has 0 bridgehead atoms. The van der Waals surface area contributed by atoms with Gasteiger partial charge in [0.1, 0.15) is 0 Å². The highest BCUT2D eigenvalue weighted by Crippen LogP contribution is 2.40. The number of carbonyl (C=O) groups is 1. The minimum absolute atomic E-state index is 0.00151. The minimum atomic E-state index is -4.62. The molecule has 218 valence electrons. The number of nitrogens with zero attached hydrogens (tertiary/aromatic N) is 4.